The van der Waals surface area contributed by atoms with E-state index in [0.717, 1.165) is 15.3 Å². The van der Waals surface area contributed by atoms with Crippen LogP contribution in [0.3, 0.4) is 0 Å². The molecular formula is C8H7NOS. The summed E-state index contributed by atoms with van der Waals surface area (Å²) in [4.78, 5) is 5.22. The second kappa shape index (κ2) is 2.51. The molecule has 0 bridgehead atoms. The molecule has 2 nitrogen and oxygen atoms in total. The highest BCUT2D eigenvalue weighted by Crippen LogP contribution is 2.28. The van der Waals surface area contributed by atoms with Gasteiger partial charge in [-0.15, -0.1) is 0 Å². The summed E-state index contributed by atoms with van der Waals surface area (Å²) in [7, 11) is 1.67. The molecule has 11 heavy (non-hydrogen) atoms. The number of hydrogen-bond acceptors (Lipinski definition) is 3. The highest BCUT2D eigenvalue weighted by molar-refractivity contribution is 7.20. The Kier molecular flexibility index (Phi) is 1.51. The van der Waals surface area contributed by atoms with E-state index in [9.17, 15) is 0 Å². The summed E-state index contributed by atoms with van der Waals surface area (Å²) >= 11 is 1.56. The highest BCUT2D eigenvalue weighted by atomic mass is 32.1. The van der Waals surface area contributed by atoms with Gasteiger partial charge in [-0.2, -0.15) is 0 Å². The molecule has 3 heteroatoms. The lowest BCUT2D eigenvalue weighted by Gasteiger charge is -1.86. The number of aromatic nitrogens is 1. The fourth-order valence-corrected chi connectivity index (χ4v) is 1.77. The third-order valence-corrected chi connectivity index (χ3v) is 2.49. The van der Waals surface area contributed by atoms with Crippen LogP contribution in [0.2, 0.25) is 0 Å². The molecule has 56 valence electrons. The molecule has 0 unspecified atom stereocenters. The number of ether oxygens (including phenoxy) is 1. The van der Waals surface area contributed by atoms with Crippen molar-refractivity contribution in [2.24, 2.45) is 0 Å². The SMILES string of the molecule is COc1cc2cccnc2s1. The molecule has 0 amide bonds. The smallest absolute Gasteiger partial charge is 0.175 e. The first-order valence-electron chi connectivity index (χ1n) is 3.29. The molecule has 0 atom stereocenters. The average Bonchev–Trinajstić information content (AvgIpc) is 2.46. The fraction of sp³-hybridized carbons (Fsp3) is 0.125. The van der Waals surface area contributed by atoms with Crippen molar-refractivity contribution in [3.8, 4) is 5.06 Å². The van der Waals surface area contributed by atoms with Gasteiger partial charge in [0, 0.05) is 17.6 Å². The molecule has 0 radical (unpaired) electrons. The van der Waals surface area contributed by atoms with Gasteiger partial charge >= 0.3 is 0 Å². The summed E-state index contributed by atoms with van der Waals surface area (Å²) < 4.78 is 5.08. The van der Waals surface area contributed by atoms with Crippen molar-refractivity contribution in [2.45, 2.75) is 0 Å². The lowest BCUT2D eigenvalue weighted by Crippen LogP contribution is -1.73. The van der Waals surface area contributed by atoms with Gasteiger partial charge in [-0.05, 0) is 6.07 Å². The molecule has 0 aliphatic heterocycles. The summed E-state index contributed by atoms with van der Waals surface area (Å²) in [6, 6.07) is 5.95. The lowest BCUT2D eigenvalue weighted by molar-refractivity contribution is 0.427. The van der Waals surface area contributed by atoms with Crippen LogP contribution in [0.1, 0.15) is 0 Å². The van der Waals surface area contributed by atoms with Crippen molar-refractivity contribution in [1.82, 2.24) is 4.98 Å². The first-order valence-corrected chi connectivity index (χ1v) is 4.10. The molecule has 2 heterocycles. The van der Waals surface area contributed by atoms with Crippen molar-refractivity contribution in [3.05, 3.63) is 24.4 Å². The average molecular weight is 165 g/mol. The molecule has 0 fully saturated rings. The predicted octanol–water partition coefficient (Wildman–Crippen LogP) is 2.30. The number of hydrogen-bond donors (Lipinski definition) is 0. The van der Waals surface area contributed by atoms with Gasteiger partial charge in [0.05, 0.1) is 7.11 Å². The molecule has 0 saturated carbocycles. The van der Waals surface area contributed by atoms with Gasteiger partial charge in [0.1, 0.15) is 4.83 Å². The lowest BCUT2D eigenvalue weighted by atomic mass is 10.3. The monoisotopic (exact) mass is 165 g/mol. The van der Waals surface area contributed by atoms with E-state index in [0.29, 0.717) is 0 Å². The van der Waals surface area contributed by atoms with Crippen molar-refractivity contribution in [2.75, 3.05) is 7.11 Å². The molecule has 0 aliphatic rings. The zero-order chi connectivity index (χ0) is 7.68. The molecule has 0 saturated heterocycles. The Balaban J connectivity index is 2.69. The third kappa shape index (κ3) is 1.07. The predicted molar refractivity (Wildman–Crippen MR) is 46.2 cm³/mol. The number of methoxy groups -OCH3 is 1. The normalized spacial score (nSPS) is 10.3. The van der Waals surface area contributed by atoms with Gasteiger partial charge < -0.3 is 4.74 Å². The van der Waals surface area contributed by atoms with Crippen LogP contribution in [-0.2, 0) is 0 Å². The van der Waals surface area contributed by atoms with Crippen molar-refractivity contribution in [3.63, 3.8) is 0 Å². The van der Waals surface area contributed by atoms with Crippen LogP contribution >= 0.6 is 11.3 Å². The molecule has 0 N–H and O–H groups in total. The molecular weight excluding hydrogens is 158 g/mol. The zero-order valence-electron chi connectivity index (χ0n) is 6.07. The summed E-state index contributed by atoms with van der Waals surface area (Å²) in [5.74, 6) is 0. The summed E-state index contributed by atoms with van der Waals surface area (Å²) in [6.45, 7) is 0. The minimum Gasteiger partial charge on any atom is -0.487 e. The molecule has 0 spiro atoms. The van der Waals surface area contributed by atoms with E-state index in [2.05, 4.69) is 4.98 Å². The van der Waals surface area contributed by atoms with Crippen LogP contribution < -0.4 is 4.74 Å². The van der Waals surface area contributed by atoms with Crippen LogP contribution in [0.4, 0.5) is 0 Å². The first-order chi connectivity index (χ1) is 5.40. The van der Waals surface area contributed by atoms with E-state index in [1.54, 1.807) is 24.6 Å². The molecule has 2 aromatic rings. The number of thiophene rings is 1. The van der Waals surface area contributed by atoms with E-state index >= 15 is 0 Å². The molecule has 2 rings (SSSR count). The van der Waals surface area contributed by atoms with Gasteiger partial charge in [0.25, 0.3) is 0 Å². The Morgan fingerprint density at radius 2 is 2.45 bits per heavy atom. The maximum Gasteiger partial charge on any atom is 0.175 e. The van der Waals surface area contributed by atoms with E-state index < -0.39 is 0 Å². The van der Waals surface area contributed by atoms with Crippen molar-refractivity contribution < 1.29 is 4.74 Å². The number of nitrogens with zero attached hydrogens (tertiary/aromatic N) is 1. The minimum atomic E-state index is 0.915. The maximum absolute atomic E-state index is 5.08. The standard InChI is InChI=1S/C8H7NOS/c1-10-7-5-6-3-2-4-9-8(6)11-7/h2-5H,1H3. The highest BCUT2D eigenvalue weighted by Gasteiger charge is 1.99. The van der Waals surface area contributed by atoms with Gasteiger partial charge in [0.15, 0.2) is 5.06 Å². The number of fused-ring (bicyclic) bond motifs is 1. The largest absolute Gasteiger partial charge is 0.487 e. The Labute approximate surface area is 68.5 Å². The quantitative estimate of drug-likeness (QED) is 0.646. The van der Waals surface area contributed by atoms with Crippen LogP contribution in [0.25, 0.3) is 10.2 Å². The topological polar surface area (TPSA) is 22.1 Å². The summed E-state index contributed by atoms with van der Waals surface area (Å²) in [5.41, 5.74) is 0. The van der Waals surface area contributed by atoms with Gasteiger partial charge in [-0.1, -0.05) is 17.4 Å². The first kappa shape index (κ1) is 6.61. The second-order valence-corrected chi connectivity index (χ2v) is 3.16. The summed E-state index contributed by atoms with van der Waals surface area (Å²) in [6.07, 6.45) is 1.79. The molecule has 0 aliphatic carbocycles. The van der Waals surface area contributed by atoms with Crippen LogP contribution in [0.15, 0.2) is 24.4 Å². The molecule has 0 aromatic carbocycles. The Bertz CT molecular complexity index is 336. The van der Waals surface area contributed by atoms with Gasteiger partial charge in [0.2, 0.25) is 0 Å². The van der Waals surface area contributed by atoms with E-state index in [4.69, 9.17) is 4.74 Å². The van der Waals surface area contributed by atoms with Gasteiger partial charge in [-0.25, -0.2) is 4.98 Å². The second-order valence-electron chi connectivity index (χ2n) is 2.17. The Hall–Kier alpha value is -1.09. The summed E-state index contributed by atoms with van der Waals surface area (Å²) in [5, 5.41) is 2.06. The zero-order valence-corrected chi connectivity index (χ0v) is 6.89. The van der Waals surface area contributed by atoms with Crippen molar-refractivity contribution >= 4 is 21.6 Å². The minimum absolute atomic E-state index is 0.915. The van der Waals surface area contributed by atoms with Crippen LogP contribution in [-0.4, -0.2) is 12.1 Å². The maximum atomic E-state index is 5.08. The van der Waals surface area contributed by atoms with E-state index in [1.165, 1.54) is 0 Å². The fourth-order valence-electron chi connectivity index (χ4n) is 0.951. The Morgan fingerprint density at radius 3 is 3.18 bits per heavy atom. The number of rotatable bonds is 1. The molecule has 2 aromatic heterocycles. The third-order valence-electron chi connectivity index (χ3n) is 1.47. The number of pyridine rings is 1. The van der Waals surface area contributed by atoms with Crippen LogP contribution in [0, 0.1) is 0 Å². The Morgan fingerprint density at radius 1 is 1.55 bits per heavy atom. The van der Waals surface area contributed by atoms with Crippen LogP contribution in [0.5, 0.6) is 5.06 Å². The van der Waals surface area contributed by atoms with E-state index in [-0.39, 0.29) is 0 Å². The van der Waals surface area contributed by atoms with E-state index in [1.807, 2.05) is 18.2 Å². The van der Waals surface area contributed by atoms with Gasteiger partial charge in [-0.3, -0.25) is 0 Å². The van der Waals surface area contributed by atoms with Crippen molar-refractivity contribution in [1.29, 1.82) is 0 Å².